The first-order chi connectivity index (χ1) is 11.5. The van der Waals surface area contributed by atoms with E-state index in [1.54, 1.807) is 17.2 Å². The lowest BCUT2D eigenvalue weighted by Gasteiger charge is -2.30. The summed E-state index contributed by atoms with van der Waals surface area (Å²) in [6.45, 7) is 0.766. The molecule has 0 spiro atoms. The van der Waals surface area contributed by atoms with E-state index in [4.69, 9.17) is 5.11 Å². The molecule has 8 heteroatoms. The molecule has 1 aromatic heterocycles. The zero-order chi connectivity index (χ0) is 17.3. The second-order valence-electron chi connectivity index (χ2n) is 5.99. The van der Waals surface area contributed by atoms with Crippen molar-refractivity contribution in [3.05, 3.63) is 40.1 Å². The molecular weight excluding hydrogens is 314 g/mol. The van der Waals surface area contributed by atoms with E-state index in [-0.39, 0.29) is 24.6 Å². The van der Waals surface area contributed by atoms with Crippen LogP contribution in [-0.2, 0) is 16.0 Å². The van der Waals surface area contributed by atoms with Gasteiger partial charge in [-0.25, -0.2) is 0 Å². The van der Waals surface area contributed by atoms with Gasteiger partial charge in [0.1, 0.15) is 0 Å². The summed E-state index contributed by atoms with van der Waals surface area (Å²) in [7, 11) is 0. The normalized spacial score (nSPS) is 17.8. The number of hydrogen-bond donors (Lipinski definition) is 2. The Morgan fingerprint density at radius 2 is 2.21 bits per heavy atom. The van der Waals surface area contributed by atoms with Gasteiger partial charge in [-0.05, 0) is 24.5 Å². The van der Waals surface area contributed by atoms with E-state index in [2.05, 4.69) is 4.98 Å². The average Bonchev–Trinajstić information content (AvgIpc) is 2.97. The highest BCUT2D eigenvalue weighted by molar-refractivity contribution is 5.90. The van der Waals surface area contributed by atoms with E-state index in [0.717, 1.165) is 5.52 Å². The van der Waals surface area contributed by atoms with Crippen molar-refractivity contribution in [2.75, 3.05) is 13.1 Å². The fourth-order valence-corrected chi connectivity index (χ4v) is 3.11. The van der Waals surface area contributed by atoms with Crippen LogP contribution in [-0.4, -0.2) is 44.9 Å². The first kappa shape index (κ1) is 16.0. The standard InChI is InChI=1S/C16H17N3O5/c20-15(18-5-1-2-10(9-18)16(21)22)6-11-8-17-14-4-3-12(19(23)24)7-13(11)14/h3-4,7-8,10,17H,1-2,5-6,9H2,(H,21,22)/t10-/m0/s1. The van der Waals surface area contributed by atoms with Crippen LogP contribution >= 0.6 is 0 Å². The molecule has 1 atom stereocenters. The molecule has 2 heterocycles. The number of carbonyl (C=O) groups is 2. The van der Waals surface area contributed by atoms with E-state index in [9.17, 15) is 19.7 Å². The smallest absolute Gasteiger partial charge is 0.308 e. The number of piperidine rings is 1. The molecule has 3 rings (SSSR count). The van der Waals surface area contributed by atoms with Gasteiger partial charge in [0.05, 0.1) is 17.3 Å². The Labute approximate surface area is 137 Å². The highest BCUT2D eigenvalue weighted by Gasteiger charge is 2.28. The Bertz CT molecular complexity index is 813. The number of nitrogens with zero attached hydrogens (tertiary/aromatic N) is 2. The van der Waals surface area contributed by atoms with Gasteiger partial charge in [0.15, 0.2) is 0 Å². The summed E-state index contributed by atoms with van der Waals surface area (Å²) in [6.07, 6.45) is 3.01. The molecule has 126 valence electrons. The van der Waals surface area contributed by atoms with E-state index < -0.39 is 16.8 Å². The van der Waals surface area contributed by atoms with Crippen molar-refractivity contribution in [2.45, 2.75) is 19.3 Å². The van der Waals surface area contributed by atoms with Crippen LogP contribution in [0.5, 0.6) is 0 Å². The Morgan fingerprint density at radius 1 is 1.42 bits per heavy atom. The van der Waals surface area contributed by atoms with Crippen molar-refractivity contribution in [3.63, 3.8) is 0 Å². The lowest BCUT2D eigenvalue weighted by Crippen LogP contribution is -2.42. The van der Waals surface area contributed by atoms with Crippen molar-refractivity contribution < 1.29 is 19.6 Å². The number of aromatic nitrogens is 1. The Hall–Kier alpha value is -2.90. The summed E-state index contributed by atoms with van der Waals surface area (Å²) in [5.74, 6) is -1.56. The number of H-pyrrole nitrogens is 1. The van der Waals surface area contributed by atoms with E-state index in [0.29, 0.717) is 30.3 Å². The highest BCUT2D eigenvalue weighted by Crippen LogP contribution is 2.25. The van der Waals surface area contributed by atoms with E-state index in [1.807, 2.05) is 0 Å². The molecule has 1 aliphatic heterocycles. The summed E-state index contributed by atoms with van der Waals surface area (Å²) >= 11 is 0. The molecule has 1 aromatic carbocycles. The SMILES string of the molecule is O=C(O)[C@H]1CCCN(C(=O)Cc2c[nH]c3ccc([N+](=O)[O-])cc23)C1. The number of aliphatic carboxylic acids is 1. The topological polar surface area (TPSA) is 117 Å². The minimum absolute atomic E-state index is 0.0280. The summed E-state index contributed by atoms with van der Waals surface area (Å²) < 4.78 is 0. The number of hydrogen-bond acceptors (Lipinski definition) is 4. The predicted octanol–water partition coefficient (Wildman–Crippen LogP) is 1.94. The molecule has 0 bridgehead atoms. The molecule has 1 saturated heterocycles. The third kappa shape index (κ3) is 3.08. The maximum atomic E-state index is 12.5. The second kappa shape index (κ2) is 6.31. The number of carbonyl (C=O) groups excluding carboxylic acids is 1. The van der Waals surface area contributed by atoms with Gasteiger partial charge >= 0.3 is 5.97 Å². The molecule has 0 aliphatic carbocycles. The van der Waals surface area contributed by atoms with Crippen molar-refractivity contribution in [2.24, 2.45) is 5.92 Å². The molecule has 0 unspecified atom stereocenters. The van der Waals surface area contributed by atoms with Crippen molar-refractivity contribution in [1.29, 1.82) is 0 Å². The number of rotatable bonds is 4. The summed E-state index contributed by atoms with van der Waals surface area (Å²) in [4.78, 5) is 38.6. The van der Waals surface area contributed by atoms with Crippen LogP contribution < -0.4 is 0 Å². The molecule has 8 nitrogen and oxygen atoms in total. The van der Waals surface area contributed by atoms with Gasteiger partial charge in [0.2, 0.25) is 5.91 Å². The number of aromatic amines is 1. The Morgan fingerprint density at radius 3 is 2.92 bits per heavy atom. The fraction of sp³-hybridized carbons (Fsp3) is 0.375. The molecule has 2 aromatic rings. The molecule has 0 saturated carbocycles. The van der Waals surface area contributed by atoms with Gasteiger partial charge < -0.3 is 15.0 Å². The number of benzene rings is 1. The minimum Gasteiger partial charge on any atom is -0.481 e. The number of likely N-dealkylation sites (tertiary alicyclic amines) is 1. The maximum absolute atomic E-state index is 12.5. The first-order valence-electron chi connectivity index (χ1n) is 7.70. The van der Waals surface area contributed by atoms with E-state index >= 15 is 0 Å². The summed E-state index contributed by atoms with van der Waals surface area (Å²) in [5.41, 5.74) is 1.38. The van der Waals surface area contributed by atoms with Crippen LogP contribution in [0.1, 0.15) is 18.4 Å². The van der Waals surface area contributed by atoms with Crippen molar-refractivity contribution >= 4 is 28.5 Å². The molecule has 24 heavy (non-hydrogen) atoms. The zero-order valence-electron chi connectivity index (χ0n) is 12.9. The average molecular weight is 331 g/mol. The number of nitrogens with one attached hydrogen (secondary N) is 1. The predicted molar refractivity (Wildman–Crippen MR) is 85.6 cm³/mol. The third-order valence-electron chi connectivity index (χ3n) is 4.43. The Kier molecular flexibility index (Phi) is 4.20. The number of carboxylic acid groups (broad SMARTS) is 1. The van der Waals surface area contributed by atoms with Gasteiger partial charge in [-0.2, -0.15) is 0 Å². The lowest BCUT2D eigenvalue weighted by atomic mass is 9.97. The minimum atomic E-state index is -0.879. The number of non-ortho nitro benzene ring substituents is 1. The summed E-state index contributed by atoms with van der Waals surface area (Å²) in [5, 5.41) is 20.7. The highest BCUT2D eigenvalue weighted by atomic mass is 16.6. The zero-order valence-corrected chi connectivity index (χ0v) is 12.9. The number of carboxylic acids is 1. The van der Waals surface area contributed by atoms with Crippen LogP contribution in [0.25, 0.3) is 10.9 Å². The van der Waals surface area contributed by atoms with Gasteiger partial charge in [-0.1, -0.05) is 0 Å². The molecule has 1 amide bonds. The van der Waals surface area contributed by atoms with Crippen LogP contribution in [0.3, 0.4) is 0 Å². The molecule has 1 aliphatic rings. The largest absolute Gasteiger partial charge is 0.481 e. The number of nitro benzene ring substituents is 1. The molecular formula is C16H17N3O5. The molecule has 0 radical (unpaired) electrons. The van der Waals surface area contributed by atoms with Crippen LogP contribution in [0.15, 0.2) is 24.4 Å². The quantitative estimate of drug-likeness (QED) is 0.656. The monoisotopic (exact) mass is 331 g/mol. The van der Waals surface area contributed by atoms with Crippen LogP contribution in [0.2, 0.25) is 0 Å². The number of nitro groups is 1. The Balaban J connectivity index is 1.79. The van der Waals surface area contributed by atoms with Crippen LogP contribution in [0.4, 0.5) is 5.69 Å². The maximum Gasteiger partial charge on any atom is 0.308 e. The number of fused-ring (bicyclic) bond motifs is 1. The first-order valence-corrected chi connectivity index (χ1v) is 7.70. The lowest BCUT2D eigenvalue weighted by molar-refractivity contribution is -0.384. The molecule has 2 N–H and O–H groups in total. The second-order valence-corrected chi connectivity index (χ2v) is 5.99. The van der Waals surface area contributed by atoms with Crippen molar-refractivity contribution in [1.82, 2.24) is 9.88 Å². The fourth-order valence-electron chi connectivity index (χ4n) is 3.11. The van der Waals surface area contributed by atoms with Gasteiger partial charge in [0.25, 0.3) is 5.69 Å². The van der Waals surface area contributed by atoms with Gasteiger partial charge in [-0.15, -0.1) is 0 Å². The van der Waals surface area contributed by atoms with Gasteiger partial charge in [-0.3, -0.25) is 19.7 Å². The van der Waals surface area contributed by atoms with Crippen LogP contribution in [0, 0.1) is 16.0 Å². The third-order valence-corrected chi connectivity index (χ3v) is 4.43. The van der Waals surface area contributed by atoms with E-state index in [1.165, 1.54) is 12.1 Å². The van der Waals surface area contributed by atoms with Gasteiger partial charge in [0, 0.05) is 42.3 Å². The molecule has 1 fully saturated rings. The number of amides is 1. The van der Waals surface area contributed by atoms with Crippen molar-refractivity contribution in [3.8, 4) is 0 Å². The summed E-state index contributed by atoms with van der Waals surface area (Å²) in [6, 6.07) is 4.47.